The molecule has 0 amide bonds. The van der Waals surface area contributed by atoms with Crippen LogP contribution in [-0.2, 0) is 17.8 Å². The molecule has 164 valence electrons. The van der Waals surface area contributed by atoms with Crippen LogP contribution in [0.3, 0.4) is 0 Å². The molecule has 4 aromatic rings. The fraction of sp³-hybridized carbons (Fsp3) is 0.292. The number of pyridine rings is 1. The molecule has 2 N–H and O–H groups in total. The van der Waals surface area contributed by atoms with E-state index in [0.717, 1.165) is 54.0 Å². The molecule has 1 fully saturated rings. The Labute approximate surface area is 185 Å². The van der Waals surface area contributed by atoms with Crippen LogP contribution in [0.15, 0.2) is 55.0 Å². The Morgan fingerprint density at radius 2 is 2.03 bits per heavy atom. The average molecular weight is 433 g/mol. The van der Waals surface area contributed by atoms with Gasteiger partial charge in [-0.05, 0) is 42.8 Å². The molecular formula is C24H25FN6O. The van der Waals surface area contributed by atoms with Crippen LogP contribution in [0.25, 0.3) is 22.2 Å². The highest BCUT2D eigenvalue weighted by molar-refractivity contribution is 5.84. The number of nitrogens with zero attached hydrogens (tertiary/aromatic N) is 5. The number of hydrogen-bond donors (Lipinski definition) is 1. The van der Waals surface area contributed by atoms with Gasteiger partial charge in [0, 0.05) is 55.7 Å². The molecule has 0 aliphatic carbocycles. The molecule has 1 saturated heterocycles. The molecule has 0 bridgehead atoms. The minimum Gasteiger partial charge on any atom is -0.369 e. The largest absolute Gasteiger partial charge is 0.369 e. The Hall–Kier alpha value is -3.36. The van der Waals surface area contributed by atoms with Crippen molar-refractivity contribution in [3.63, 3.8) is 0 Å². The van der Waals surface area contributed by atoms with E-state index in [1.165, 1.54) is 11.6 Å². The van der Waals surface area contributed by atoms with Gasteiger partial charge in [0.25, 0.3) is 0 Å². The van der Waals surface area contributed by atoms with Gasteiger partial charge in [-0.2, -0.15) is 0 Å². The van der Waals surface area contributed by atoms with Crippen LogP contribution in [0.4, 0.5) is 10.3 Å². The van der Waals surface area contributed by atoms with E-state index < -0.39 is 0 Å². The van der Waals surface area contributed by atoms with E-state index >= 15 is 0 Å². The number of morpholine rings is 1. The Kier molecular flexibility index (Phi) is 5.55. The van der Waals surface area contributed by atoms with E-state index in [0.29, 0.717) is 6.61 Å². The summed E-state index contributed by atoms with van der Waals surface area (Å²) in [5, 5.41) is 1.10. The second-order valence-corrected chi connectivity index (χ2v) is 7.97. The molecule has 1 aliphatic rings. The molecule has 0 saturated carbocycles. The third-order valence-electron chi connectivity index (χ3n) is 5.88. The van der Waals surface area contributed by atoms with E-state index in [2.05, 4.69) is 32.6 Å². The number of hydrogen-bond acceptors (Lipinski definition) is 6. The van der Waals surface area contributed by atoms with Crippen LogP contribution < -0.4 is 5.73 Å². The van der Waals surface area contributed by atoms with Crippen molar-refractivity contribution in [2.75, 3.05) is 25.4 Å². The Morgan fingerprint density at radius 3 is 2.84 bits per heavy atom. The van der Waals surface area contributed by atoms with Gasteiger partial charge in [-0.15, -0.1) is 0 Å². The number of rotatable bonds is 5. The van der Waals surface area contributed by atoms with Crippen molar-refractivity contribution in [3.05, 3.63) is 72.1 Å². The fourth-order valence-corrected chi connectivity index (χ4v) is 4.26. The third-order valence-corrected chi connectivity index (χ3v) is 5.88. The van der Waals surface area contributed by atoms with E-state index in [9.17, 15) is 4.39 Å². The molecule has 1 aromatic carbocycles. The van der Waals surface area contributed by atoms with Gasteiger partial charge in [0.1, 0.15) is 11.9 Å². The van der Waals surface area contributed by atoms with Crippen LogP contribution in [-0.4, -0.2) is 44.1 Å². The van der Waals surface area contributed by atoms with Crippen LogP contribution >= 0.6 is 0 Å². The van der Waals surface area contributed by atoms with E-state index in [4.69, 9.17) is 15.5 Å². The summed E-state index contributed by atoms with van der Waals surface area (Å²) >= 11 is 0. The predicted octanol–water partition coefficient (Wildman–Crippen LogP) is 3.81. The first-order valence-corrected chi connectivity index (χ1v) is 10.8. The van der Waals surface area contributed by atoms with Gasteiger partial charge in [0.2, 0.25) is 5.95 Å². The average Bonchev–Trinajstić information content (AvgIpc) is 3.16. The normalized spacial score (nSPS) is 17.1. The van der Waals surface area contributed by atoms with Crippen LogP contribution in [0, 0.1) is 5.82 Å². The summed E-state index contributed by atoms with van der Waals surface area (Å²) in [6, 6.07) is 10.9. The Morgan fingerprint density at radius 1 is 1.19 bits per heavy atom. The predicted molar refractivity (Wildman–Crippen MR) is 121 cm³/mol. The standard InChI is InChI=1S/C24H25FN6O/c1-2-31-14-17(19-7-6-18(25)10-22(19)31)13-30-8-9-32-23(15-30)21-5-3-4-20(29-21)16-11-27-24(26)28-12-16/h3-7,10-12,14,23H,2,8-9,13,15H2,1H3,(H2,26,27,28)/t23-/m0/s1. The first kappa shape index (κ1) is 20.5. The summed E-state index contributed by atoms with van der Waals surface area (Å²) in [6.07, 6.45) is 5.36. The summed E-state index contributed by atoms with van der Waals surface area (Å²) in [6.45, 7) is 5.85. The summed E-state index contributed by atoms with van der Waals surface area (Å²) in [5.74, 6) is 0.0315. The number of halogens is 1. The molecule has 7 nitrogen and oxygen atoms in total. The molecule has 4 heterocycles. The lowest BCUT2D eigenvalue weighted by Crippen LogP contribution is -2.38. The van der Waals surface area contributed by atoms with Crippen molar-refractivity contribution >= 4 is 16.9 Å². The summed E-state index contributed by atoms with van der Waals surface area (Å²) in [4.78, 5) is 15.3. The number of anilines is 1. The molecule has 1 atom stereocenters. The van der Waals surface area contributed by atoms with Gasteiger partial charge in [-0.1, -0.05) is 6.07 Å². The lowest BCUT2D eigenvalue weighted by Gasteiger charge is -2.32. The van der Waals surface area contributed by atoms with Gasteiger partial charge >= 0.3 is 0 Å². The molecule has 0 radical (unpaired) electrons. The van der Waals surface area contributed by atoms with Gasteiger partial charge in [-0.3, -0.25) is 4.90 Å². The maximum Gasteiger partial charge on any atom is 0.219 e. The molecular weight excluding hydrogens is 407 g/mol. The smallest absolute Gasteiger partial charge is 0.219 e. The summed E-state index contributed by atoms with van der Waals surface area (Å²) in [5.41, 5.74) is 10.2. The van der Waals surface area contributed by atoms with Gasteiger partial charge in [-0.25, -0.2) is 19.3 Å². The Bertz CT molecular complexity index is 1240. The molecule has 5 rings (SSSR count). The first-order valence-electron chi connectivity index (χ1n) is 10.8. The van der Waals surface area contributed by atoms with Gasteiger partial charge < -0.3 is 15.0 Å². The second kappa shape index (κ2) is 8.64. The van der Waals surface area contributed by atoms with Crippen molar-refractivity contribution < 1.29 is 9.13 Å². The first-order chi connectivity index (χ1) is 15.6. The monoisotopic (exact) mass is 432 g/mol. The minimum absolute atomic E-state index is 0.129. The summed E-state index contributed by atoms with van der Waals surface area (Å²) < 4.78 is 21.9. The quantitative estimate of drug-likeness (QED) is 0.517. The zero-order valence-corrected chi connectivity index (χ0v) is 17.9. The highest BCUT2D eigenvalue weighted by Gasteiger charge is 2.24. The maximum atomic E-state index is 13.8. The van der Waals surface area contributed by atoms with Crippen LogP contribution in [0.5, 0.6) is 0 Å². The second-order valence-electron chi connectivity index (χ2n) is 7.97. The highest BCUT2D eigenvalue weighted by atomic mass is 19.1. The molecule has 32 heavy (non-hydrogen) atoms. The third kappa shape index (κ3) is 4.06. The van der Waals surface area contributed by atoms with Crippen LogP contribution in [0.1, 0.15) is 24.3 Å². The van der Waals surface area contributed by atoms with Crippen molar-refractivity contribution in [2.45, 2.75) is 26.1 Å². The zero-order valence-electron chi connectivity index (χ0n) is 17.9. The van der Waals surface area contributed by atoms with E-state index in [1.54, 1.807) is 18.5 Å². The fourth-order valence-electron chi connectivity index (χ4n) is 4.26. The maximum absolute atomic E-state index is 13.8. The van der Waals surface area contributed by atoms with Crippen molar-refractivity contribution in [2.24, 2.45) is 0 Å². The lowest BCUT2D eigenvalue weighted by atomic mass is 10.1. The topological polar surface area (TPSA) is 82.1 Å². The minimum atomic E-state index is -0.208. The Balaban J connectivity index is 1.36. The van der Waals surface area contributed by atoms with Crippen molar-refractivity contribution in [3.8, 4) is 11.3 Å². The van der Waals surface area contributed by atoms with E-state index in [1.807, 2.05) is 24.3 Å². The number of nitrogens with two attached hydrogens (primary N) is 1. The molecule has 8 heteroatoms. The highest BCUT2D eigenvalue weighted by Crippen LogP contribution is 2.28. The summed E-state index contributed by atoms with van der Waals surface area (Å²) in [7, 11) is 0. The number of aromatic nitrogens is 4. The van der Waals surface area contributed by atoms with Crippen molar-refractivity contribution in [1.29, 1.82) is 0 Å². The number of fused-ring (bicyclic) bond motifs is 1. The SMILES string of the molecule is CCn1cc(CN2CCO[C@H](c3cccc(-c4cnc(N)nc4)n3)C2)c2ccc(F)cc21. The molecule has 0 spiro atoms. The number of nitrogen functional groups attached to an aromatic ring is 1. The zero-order chi connectivity index (χ0) is 22.1. The molecule has 0 unspecified atom stereocenters. The number of aryl methyl sites for hydroxylation is 1. The molecule has 3 aromatic heterocycles. The van der Waals surface area contributed by atoms with E-state index in [-0.39, 0.29) is 17.9 Å². The lowest BCUT2D eigenvalue weighted by molar-refractivity contribution is -0.0348. The molecule has 1 aliphatic heterocycles. The van der Waals surface area contributed by atoms with Gasteiger partial charge in [0.05, 0.1) is 23.5 Å². The van der Waals surface area contributed by atoms with Crippen molar-refractivity contribution in [1.82, 2.24) is 24.4 Å². The number of benzene rings is 1. The van der Waals surface area contributed by atoms with Gasteiger partial charge in [0.15, 0.2) is 0 Å². The number of ether oxygens (including phenoxy) is 1. The van der Waals surface area contributed by atoms with Crippen LogP contribution in [0.2, 0.25) is 0 Å².